The number of nitrogens with zero attached hydrogens (tertiary/aromatic N) is 2. The van der Waals surface area contributed by atoms with E-state index in [1.165, 1.54) is 4.90 Å². The molecule has 0 aliphatic carbocycles. The van der Waals surface area contributed by atoms with Crippen molar-refractivity contribution in [2.24, 2.45) is 7.05 Å². The van der Waals surface area contributed by atoms with E-state index in [1.54, 1.807) is 55.6 Å². The van der Waals surface area contributed by atoms with Crippen molar-refractivity contribution in [2.75, 3.05) is 12.0 Å². The predicted octanol–water partition coefficient (Wildman–Crippen LogP) is 5.47. The van der Waals surface area contributed by atoms with Gasteiger partial charge in [0.15, 0.2) is 0 Å². The summed E-state index contributed by atoms with van der Waals surface area (Å²) in [5, 5.41) is 12.6. The smallest absolute Gasteiger partial charge is 0.300 e. The predicted molar refractivity (Wildman–Crippen MR) is 132 cm³/mol. The van der Waals surface area contributed by atoms with E-state index in [9.17, 15) is 14.7 Å². The van der Waals surface area contributed by atoms with Gasteiger partial charge >= 0.3 is 0 Å². The molecule has 34 heavy (non-hydrogen) atoms. The molecule has 170 valence electrons. The van der Waals surface area contributed by atoms with Crippen LogP contribution in [0.5, 0.6) is 5.75 Å². The van der Waals surface area contributed by atoms with Gasteiger partial charge in [-0.1, -0.05) is 35.9 Å². The van der Waals surface area contributed by atoms with Gasteiger partial charge in [-0.2, -0.15) is 0 Å². The minimum atomic E-state index is -0.841. The molecule has 1 aromatic heterocycles. The van der Waals surface area contributed by atoms with Crippen LogP contribution >= 0.6 is 11.6 Å². The van der Waals surface area contributed by atoms with E-state index < -0.39 is 17.7 Å². The van der Waals surface area contributed by atoms with E-state index in [4.69, 9.17) is 16.3 Å². The second-order valence-electron chi connectivity index (χ2n) is 8.09. The van der Waals surface area contributed by atoms with Crippen molar-refractivity contribution in [1.82, 2.24) is 4.57 Å². The Hall–Kier alpha value is -4.03. The molecule has 5 rings (SSSR count). The van der Waals surface area contributed by atoms with Gasteiger partial charge in [0.2, 0.25) is 0 Å². The van der Waals surface area contributed by atoms with Crippen molar-refractivity contribution >= 4 is 45.6 Å². The summed E-state index contributed by atoms with van der Waals surface area (Å²) in [5.74, 6) is -1.12. The number of Topliss-reactive ketones (excluding diaryl/α,β-unsaturated/α-hetero) is 1. The van der Waals surface area contributed by atoms with Crippen LogP contribution in [0.15, 0.2) is 84.6 Å². The van der Waals surface area contributed by atoms with Gasteiger partial charge in [0.25, 0.3) is 11.7 Å². The number of ketones is 1. The van der Waals surface area contributed by atoms with Crippen molar-refractivity contribution in [2.45, 2.75) is 6.04 Å². The van der Waals surface area contributed by atoms with Crippen molar-refractivity contribution < 1.29 is 19.4 Å². The Morgan fingerprint density at radius 1 is 1.00 bits per heavy atom. The van der Waals surface area contributed by atoms with Crippen LogP contribution in [0.3, 0.4) is 0 Å². The molecule has 0 saturated carbocycles. The Balaban J connectivity index is 1.79. The van der Waals surface area contributed by atoms with Crippen molar-refractivity contribution in [1.29, 1.82) is 0 Å². The lowest BCUT2D eigenvalue weighted by atomic mass is 9.94. The molecule has 0 spiro atoms. The fraction of sp³-hybridized carbons (Fsp3) is 0.111. The van der Waals surface area contributed by atoms with Gasteiger partial charge in [-0.25, -0.2) is 0 Å². The second kappa shape index (κ2) is 8.39. The molecule has 0 bridgehead atoms. The van der Waals surface area contributed by atoms with Gasteiger partial charge in [-0.3, -0.25) is 14.5 Å². The van der Waals surface area contributed by atoms with Gasteiger partial charge < -0.3 is 14.4 Å². The Kier molecular flexibility index (Phi) is 5.38. The molecule has 7 heteroatoms. The summed E-state index contributed by atoms with van der Waals surface area (Å²) in [5.41, 5.74) is 2.58. The molecule has 1 aliphatic rings. The maximum atomic E-state index is 13.4. The van der Waals surface area contributed by atoms with Crippen LogP contribution in [0.2, 0.25) is 5.02 Å². The summed E-state index contributed by atoms with van der Waals surface area (Å²) in [4.78, 5) is 28.1. The molecule has 1 unspecified atom stereocenters. The number of methoxy groups -OCH3 is 1. The molecular formula is C27H21ClN2O4. The van der Waals surface area contributed by atoms with E-state index in [2.05, 4.69) is 0 Å². The number of halogens is 1. The monoisotopic (exact) mass is 472 g/mol. The summed E-state index contributed by atoms with van der Waals surface area (Å²) >= 11 is 6.22. The molecule has 1 amide bonds. The summed E-state index contributed by atoms with van der Waals surface area (Å²) < 4.78 is 7.14. The third kappa shape index (κ3) is 3.43. The zero-order valence-electron chi connectivity index (χ0n) is 18.5. The second-order valence-corrected chi connectivity index (χ2v) is 8.53. The number of ether oxygens (including phenoxy) is 1. The third-order valence-corrected chi connectivity index (χ3v) is 6.35. The lowest BCUT2D eigenvalue weighted by Crippen LogP contribution is -2.29. The first-order valence-corrected chi connectivity index (χ1v) is 11.0. The van der Waals surface area contributed by atoms with Crippen LogP contribution in [0.25, 0.3) is 16.7 Å². The highest BCUT2D eigenvalue weighted by Gasteiger charge is 2.47. The average Bonchev–Trinajstić information content (AvgIpc) is 3.32. The van der Waals surface area contributed by atoms with Crippen LogP contribution in [0.4, 0.5) is 5.69 Å². The zero-order valence-corrected chi connectivity index (χ0v) is 19.3. The lowest BCUT2D eigenvalue weighted by Gasteiger charge is -2.25. The summed E-state index contributed by atoms with van der Waals surface area (Å²) in [6.07, 6.45) is 1.89. The van der Waals surface area contributed by atoms with Crippen LogP contribution in [0, 0.1) is 0 Å². The van der Waals surface area contributed by atoms with Gasteiger partial charge in [0, 0.05) is 46.0 Å². The third-order valence-electron chi connectivity index (χ3n) is 6.12. The summed E-state index contributed by atoms with van der Waals surface area (Å²) in [6.45, 7) is 0. The number of aromatic nitrogens is 1. The number of aryl methyl sites for hydroxylation is 1. The van der Waals surface area contributed by atoms with Crippen LogP contribution in [0.1, 0.15) is 17.2 Å². The summed E-state index contributed by atoms with van der Waals surface area (Å²) in [6, 6.07) is 20.4. The molecule has 1 fully saturated rings. The molecule has 0 radical (unpaired) electrons. The van der Waals surface area contributed by atoms with E-state index in [1.807, 2.05) is 42.1 Å². The standard InChI is InChI=1S/C27H21ClN2O4/c1-29-15-21(20-8-3-4-9-22(20)29)24-23(25(31)16-10-12-19(34-2)13-11-16)26(32)27(33)30(24)18-7-5-6-17(28)14-18/h3-15,24,31H,1-2H3/b25-23+. The van der Waals surface area contributed by atoms with Gasteiger partial charge in [0.05, 0.1) is 18.7 Å². The summed E-state index contributed by atoms with van der Waals surface area (Å²) in [7, 11) is 3.45. The number of hydrogen-bond acceptors (Lipinski definition) is 4. The van der Waals surface area contributed by atoms with E-state index in [0.29, 0.717) is 22.0 Å². The molecule has 1 N–H and O–H groups in total. The van der Waals surface area contributed by atoms with E-state index in [-0.39, 0.29) is 11.3 Å². The number of hydrogen-bond donors (Lipinski definition) is 1. The number of rotatable bonds is 4. The van der Waals surface area contributed by atoms with Crippen molar-refractivity contribution in [3.05, 3.63) is 101 Å². The Morgan fingerprint density at radius 2 is 1.74 bits per heavy atom. The average molecular weight is 473 g/mol. The van der Waals surface area contributed by atoms with Gasteiger partial charge in [-0.05, 0) is 48.5 Å². The molecule has 3 aromatic carbocycles. The van der Waals surface area contributed by atoms with Gasteiger partial charge in [-0.15, -0.1) is 0 Å². The van der Waals surface area contributed by atoms with E-state index >= 15 is 0 Å². The topological polar surface area (TPSA) is 71.8 Å². The number of carbonyl (C=O) groups is 2. The minimum Gasteiger partial charge on any atom is -0.507 e. The molecule has 4 aromatic rings. The number of fused-ring (bicyclic) bond motifs is 1. The Morgan fingerprint density at radius 3 is 2.44 bits per heavy atom. The fourth-order valence-corrected chi connectivity index (χ4v) is 4.70. The Labute approximate surface area is 201 Å². The number of benzene rings is 3. The number of aliphatic hydroxyl groups is 1. The van der Waals surface area contributed by atoms with E-state index in [0.717, 1.165) is 16.5 Å². The zero-order chi connectivity index (χ0) is 24.0. The minimum absolute atomic E-state index is 0.0199. The van der Waals surface area contributed by atoms with Crippen LogP contribution in [-0.4, -0.2) is 28.5 Å². The molecule has 6 nitrogen and oxygen atoms in total. The molecule has 1 atom stereocenters. The fourth-order valence-electron chi connectivity index (χ4n) is 4.51. The van der Waals surface area contributed by atoms with Crippen molar-refractivity contribution in [3.8, 4) is 5.75 Å². The lowest BCUT2D eigenvalue weighted by molar-refractivity contribution is -0.132. The van der Waals surface area contributed by atoms with Gasteiger partial charge in [0.1, 0.15) is 11.5 Å². The first kappa shape index (κ1) is 21.8. The molecule has 1 saturated heterocycles. The first-order valence-electron chi connectivity index (χ1n) is 10.7. The molecule has 2 heterocycles. The first-order chi connectivity index (χ1) is 16.4. The number of amides is 1. The highest BCUT2D eigenvalue weighted by Crippen LogP contribution is 2.45. The maximum absolute atomic E-state index is 13.4. The van der Waals surface area contributed by atoms with Crippen LogP contribution in [-0.2, 0) is 16.6 Å². The molecular weight excluding hydrogens is 452 g/mol. The highest BCUT2D eigenvalue weighted by atomic mass is 35.5. The highest BCUT2D eigenvalue weighted by molar-refractivity contribution is 6.52. The number of aliphatic hydroxyl groups excluding tert-OH is 1. The normalized spacial score (nSPS) is 17.5. The maximum Gasteiger partial charge on any atom is 0.300 e. The van der Waals surface area contributed by atoms with Crippen LogP contribution < -0.4 is 9.64 Å². The number of para-hydroxylation sites is 1. The molecule has 1 aliphatic heterocycles. The SMILES string of the molecule is COc1ccc(/C(O)=C2\C(=O)C(=O)N(c3cccc(Cl)c3)C2c2cn(C)c3ccccc23)cc1. The quantitative estimate of drug-likeness (QED) is 0.243. The number of carbonyl (C=O) groups excluding carboxylic acids is 2. The number of anilines is 1. The largest absolute Gasteiger partial charge is 0.507 e. The Bertz CT molecular complexity index is 1470. The van der Waals surface area contributed by atoms with Crippen molar-refractivity contribution in [3.63, 3.8) is 0 Å².